The summed E-state index contributed by atoms with van der Waals surface area (Å²) in [5.41, 5.74) is 2.80. The number of hydroxylamine groups is 2. The average Bonchev–Trinajstić information content (AvgIpc) is 2.81. The number of fused-ring (bicyclic) bond motifs is 1. The molecule has 0 spiro atoms. The molecule has 0 saturated carbocycles. The van der Waals surface area contributed by atoms with Crippen molar-refractivity contribution in [3.63, 3.8) is 0 Å². The summed E-state index contributed by atoms with van der Waals surface area (Å²) >= 11 is 0. The van der Waals surface area contributed by atoms with Crippen molar-refractivity contribution in [1.82, 2.24) is 9.96 Å². The summed E-state index contributed by atoms with van der Waals surface area (Å²) in [5.74, 6) is -0.438. The van der Waals surface area contributed by atoms with Crippen LogP contribution in [0.4, 0.5) is 18.9 Å². The van der Waals surface area contributed by atoms with Crippen molar-refractivity contribution in [3.05, 3.63) is 64.7 Å². The van der Waals surface area contributed by atoms with E-state index in [1.807, 2.05) is 12.1 Å². The van der Waals surface area contributed by atoms with Crippen LogP contribution >= 0.6 is 0 Å². The van der Waals surface area contributed by atoms with Crippen LogP contribution in [-0.2, 0) is 17.3 Å². The van der Waals surface area contributed by atoms with Crippen LogP contribution in [0.1, 0.15) is 39.6 Å². The average molecular weight is 464 g/mol. The molecule has 6 nitrogen and oxygen atoms in total. The third kappa shape index (κ3) is 5.48. The smallest absolute Gasteiger partial charge is 0.373 e. The minimum atomic E-state index is -4.32. The van der Waals surface area contributed by atoms with Crippen molar-refractivity contribution in [1.29, 1.82) is 0 Å². The van der Waals surface area contributed by atoms with Crippen molar-refractivity contribution < 1.29 is 27.9 Å². The Bertz CT molecular complexity index is 971. The molecular weight excluding hydrogens is 435 g/mol. The molecule has 0 aromatic heterocycles. The maximum Gasteiger partial charge on any atom is 0.416 e. The topological polar surface area (TPSA) is 56.2 Å². The SMILES string of the molecule is CN(O)C(=O)c1ccc2c(c1)CCO[C@H]2CCN1CCN(c2ccc(C(F)(F)F)cc2)CC1. The number of ether oxygens (including phenoxy) is 1. The third-order valence-electron chi connectivity index (χ3n) is 6.36. The Labute approximate surface area is 191 Å². The van der Waals surface area contributed by atoms with Crippen molar-refractivity contribution in [2.24, 2.45) is 0 Å². The van der Waals surface area contributed by atoms with E-state index in [1.165, 1.54) is 7.05 Å². The molecule has 0 bridgehead atoms. The lowest BCUT2D eigenvalue weighted by atomic mass is 9.93. The van der Waals surface area contributed by atoms with Gasteiger partial charge in [-0.1, -0.05) is 6.07 Å². The zero-order chi connectivity index (χ0) is 23.6. The molecule has 33 heavy (non-hydrogen) atoms. The van der Waals surface area contributed by atoms with Gasteiger partial charge in [0.2, 0.25) is 0 Å². The lowest BCUT2D eigenvalue weighted by molar-refractivity contribution is -0.137. The highest BCUT2D eigenvalue weighted by molar-refractivity contribution is 5.93. The van der Waals surface area contributed by atoms with Crippen LogP contribution in [0.15, 0.2) is 42.5 Å². The van der Waals surface area contributed by atoms with Gasteiger partial charge in [0.15, 0.2) is 0 Å². The van der Waals surface area contributed by atoms with Gasteiger partial charge >= 0.3 is 6.18 Å². The fraction of sp³-hybridized carbons (Fsp3) is 0.458. The Hall–Kier alpha value is -2.62. The van der Waals surface area contributed by atoms with E-state index >= 15 is 0 Å². The molecule has 2 heterocycles. The zero-order valence-corrected chi connectivity index (χ0v) is 18.5. The Morgan fingerprint density at radius 1 is 1.12 bits per heavy atom. The van der Waals surface area contributed by atoms with Crippen molar-refractivity contribution in [3.8, 4) is 0 Å². The molecule has 4 rings (SSSR count). The first-order valence-corrected chi connectivity index (χ1v) is 11.1. The van der Waals surface area contributed by atoms with E-state index in [0.29, 0.717) is 17.2 Å². The number of carbonyl (C=O) groups excluding carboxylic acids is 1. The number of rotatable bonds is 5. The standard InChI is InChI=1S/C24H28F3N3O3/c1-28(32)23(31)18-2-7-21-17(16-18)9-15-33-22(21)8-10-29-11-13-30(14-12-29)20-5-3-19(4-6-20)24(25,26)27/h2-7,16,22,32H,8-15H2,1H3/t22-/m0/s1. The van der Waals surface area contributed by atoms with Gasteiger partial charge < -0.3 is 9.64 Å². The van der Waals surface area contributed by atoms with E-state index in [-0.39, 0.29) is 6.10 Å². The Kier molecular flexibility index (Phi) is 6.92. The monoisotopic (exact) mass is 463 g/mol. The van der Waals surface area contributed by atoms with Gasteiger partial charge in [-0.25, -0.2) is 5.06 Å². The number of halogens is 3. The number of carbonyl (C=O) groups is 1. The molecule has 1 N–H and O–H groups in total. The van der Waals surface area contributed by atoms with E-state index in [0.717, 1.165) is 74.5 Å². The molecule has 2 aliphatic rings. The predicted molar refractivity (Wildman–Crippen MR) is 117 cm³/mol. The summed E-state index contributed by atoms with van der Waals surface area (Å²) in [6.07, 6.45) is -2.81. The summed E-state index contributed by atoms with van der Waals surface area (Å²) in [4.78, 5) is 16.5. The number of piperazine rings is 1. The summed E-state index contributed by atoms with van der Waals surface area (Å²) in [6, 6.07) is 10.8. The number of benzene rings is 2. The zero-order valence-electron chi connectivity index (χ0n) is 18.5. The first-order chi connectivity index (χ1) is 15.7. The van der Waals surface area contributed by atoms with Crippen LogP contribution in [0.2, 0.25) is 0 Å². The fourth-order valence-corrected chi connectivity index (χ4v) is 4.49. The second-order valence-corrected chi connectivity index (χ2v) is 8.51. The van der Waals surface area contributed by atoms with Gasteiger partial charge in [0.05, 0.1) is 18.3 Å². The highest BCUT2D eigenvalue weighted by atomic mass is 19.4. The Balaban J connectivity index is 1.30. The number of amides is 1. The lowest BCUT2D eigenvalue weighted by Gasteiger charge is -2.37. The van der Waals surface area contributed by atoms with Gasteiger partial charge in [0, 0.05) is 51.0 Å². The second-order valence-electron chi connectivity index (χ2n) is 8.51. The Morgan fingerprint density at radius 2 is 1.82 bits per heavy atom. The van der Waals surface area contributed by atoms with Gasteiger partial charge in [-0.05, 0) is 60.4 Å². The van der Waals surface area contributed by atoms with Crippen LogP contribution < -0.4 is 4.90 Å². The molecule has 178 valence electrons. The van der Waals surface area contributed by atoms with Crippen molar-refractivity contribution in [2.45, 2.75) is 25.1 Å². The van der Waals surface area contributed by atoms with Crippen molar-refractivity contribution >= 4 is 11.6 Å². The fourth-order valence-electron chi connectivity index (χ4n) is 4.49. The molecule has 1 fully saturated rings. The quantitative estimate of drug-likeness (QED) is 0.537. The maximum absolute atomic E-state index is 12.8. The summed E-state index contributed by atoms with van der Waals surface area (Å²) in [7, 11) is 1.31. The van der Waals surface area contributed by atoms with Crippen LogP contribution in [0.25, 0.3) is 0 Å². The van der Waals surface area contributed by atoms with Crippen LogP contribution in [0.5, 0.6) is 0 Å². The van der Waals surface area contributed by atoms with E-state index in [1.54, 1.807) is 18.2 Å². The molecule has 2 aromatic carbocycles. The minimum absolute atomic E-state index is 0.0438. The van der Waals surface area contributed by atoms with Crippen molar-refractivity contribution in [2.75, 3.05) is 51.3 Å². The van der Waals surface area contributed by atoms with E-state index in [2.05, 4.69) is 9.80 Å². The Morgan fingerprint density at radius 3 is 2.45 bits per heavy atom. The largest absolute Gasteiger partial charge is 0.416 e. The van der Waals surface area contributed by atoms with Gasteiger partial charge in [0.25, 0.3) is 5.91 Å². The minimum Gasteiger partial charge on any atom is -0.373 e. The number of anilines is 1. The van der Waals surface area contributed by atoms with E-state index < -0.39 is 17.6 Å². The molecule has 9 heteroatoms. The summed E-state index contributed by atoms with van der Waals surface area (Å²) < 4.78 is 44.3. The van der Waals surface area contributed by atoms with E-state index in [9.17, 15) is 23.2 Å². The molecule has 0 radical (unpaired) electrons. The molecule has 1 atom stereocenters. The second kappa shape index (κ2) is 9.70. The lowest BCUT2D eigenvalue weighted by Crippen LogP contribution is -2.47. The number of alkyl halides is 3. The van der Waals surface area contributed by atoms with Gasteiger partial charge in [-0.3, -0.25) is 14.9 Å². The highest BCUT2D eigenvalue weighted by Crippen LogP contribution is 2.32. The molecule has 1 amide bonds. The van der Waals surface area contributed by atoms with E-state index in [4.69, 9.17) is 4.74 Å². The molecule has 2 aliphatic heterocycles. The maximum atomic E-state index is 12.8. The number of hydrogen-bond donors (Lipinski definition) is 1. The summed E-state index contributed by atoms with van der Waals surface area (Å²) in [5, 5.41) is 9.99. The van der Waals surface area contributed by atoms with Crippen LogP contribution in [0, 0.1) is 0 Å². The molecular formula is C24H28F3N3O3. The first-order valence-electron chi connectivity index (χ1n) is 11.1. The molecule has 1 saturated heterocycles. The predicted octanol–water partition coefficient (Wildman–Crippen LogP) is 3.99. The van der Waals surface area contributed by atoms with Crippen LogP contribution in [-0.4, -0.2) is 67.5 Å². The van der Waals surface area contributed by atoms with Crippen LogP contribution in [0.3, 0.4) is 0 Å². The normalized spacial score (nSPS) is 19.3. The molecule has 0 aliphatic carbocycles. The third-order valence-corrected chi connectivity index (χ3v) is 6.36. The van der Waals surface area contributed by atoms with Gasteiger partial charge in [0.1, 0.15) is 0 Å². The summed E-state index contributed by atoms with van der Waals surface area (Å²) in [6.45, 7) is 4.62. The number of nitrogens with zero attached hydrogens (tertiary/aromatic N) is 3. The number of hydrogen-bond acceptors (Lipinski definition) is 5. The first kappa shape index (κ1) is 23.5. The molecule has 0 unspecified atom stereocenters. The highest BCUT2D eigenvalue weighted by Gasteiger charge is 2.30. The van der Waals surface area contributed by atoms with Gasteiger partial charge in [-0.2, -0.15) is 13.2 Å². The van der Waals surface area contributed by atoms with Gasteiger partial charge in [-0.15, -0.1) is 0 Å². The molecule has 2 aromatic rings.